The van der Waals surface area contributed by atoms with Crippen LogP contribution in [0, 0.1) is 0 Å². The Morgan fingerprint density at radius 3 is 3.00 bits per heavy atom. The first-order valence-electron chi connectivity index (χ1n) is 5.33. The van der Waals surface area contributed by atoms with Gasteiger partial charge in [0.15, 0.2) is 0 Å². The van der Waals surface area contributed by atoms with E-state index in [-0.39, 0.29) is 12.5 Å². The van der Waals surface area contributed by atoms with Crippen molar-refractivity contribution in [3.8, 4) is 0 Å². The number of halogens is 1. The van der Waals surface area contributed by atoms with Crippen molar-refractivity contribution in [2.75, 3.05) is 13.1 Å². The lowest BCUT2D eigenvalue weighted by molar-refractivity contribution is -0.143. The van der Waals surface area contributed by atoms with Crippen LogP contribution in [0.5, 0.6) is 0 Å². The molecule has 0 fully saturated rings. The summed E-state index contributed by atoms with van der Waals surface area (Å²) in [6, 6.07) is 7.72. The Morgan fingerprint density at radius 2 is 2.31 bits per heavy atom. The van der Waals surface area contributed by atoms with Crippen LogP contribution in [-0.4, -0.2) is 19.1 Å². The van der Waals surface area contributed by atoms with E-state index in [0.29, 0.717) is 6.61 Å². The Hall–Kier alpha value is -0.870. The van der Waals surface area contributed by atoms with E-state index in [1.165, 1.54) is 0 Å². The third-order valence-corrected chi connectivity index (χ3v) is 2.48. The van der Waals surface area contributed by atoms with E-state index in [4.69, 9.17) is 4.74 Å². The average molecular weight is 286 g/mol. The second kappa shape index (κ2) is 7.41. The van der Waals surface area contributed by atoms with Crippen molar-refractivity contribution in [3.05, 3.63) is 34.3 Å². The molecule has 1 rings (SSSR count). The van der Waals surface area contributed by atoms with Crippen molar-refractivity contribution in [2.24, 2.45) is 0 Å². The predicted molar refractivity (Wildman–Crippen MR) is 67.1 cm³/mol. The van der Waals surface area contributed by atoms with Gasteiger partial charge in [-0.25, -0.2) is 0 Å². The lowest BCUT2D eigenvalue weighted by atomic mass is 10.2. The first-order chi connectivity index (χ1) is 7.72. The first kappa shape index (κ1) is 13.2. The summed E-state index contributed by atoms with van der Waals surface area (Å²) in [5.41, 5.74) is 0.984. The Kier molecular flexibility index (Phi) is 6.11. The molecular formula is C12H16BrNO2. The fourth-order valence-corrected chi connectivity index (χ4v) is 1.66. The van der Waals surface area contributed by atoms with E-state index in [2.05, 4.69) is 28.2 Å². The summed E-state index contributed by atoms with van der Waals surface area (Å²) in [5.74, 6) is -0.214. The number of hydrogen-bond acceptors (Lipinski definition) is 3. The molecule has 4 heteroatoms. The molecule has 1 aromatic rings. The molecule has 1 N–H and O–H groups in total. The second-order valence-corrected chi connectivity index (χ2v) is 4.38. The van der Waals surface area contributed by atoms with Gasteiger partial charge in [-0.1, -0.05) is 35.0 Å². The molecule has 1 aromatic carbocycles. The van der Waals surface area contributed by atoms with E-state index in [1.54, 1.807) is 0 Å². The van der Waals surface area contributed by atoms with E-state index >= 15 is 0 Å². The number of benzene rings is 1. The minimum Gasteiger partial charge on any atom is -0.460 e. The molecular weight excluding hydrogens is 270 g/mol. The van der Waals surface area contributed by atoms with Crippen molar-refractivity contribution in [1.29, 1.82) is 0 Å². The smallest absolute Gasteiger partial charge is 0.320 e. The van der Waals surface area contributed by atoms with Crippen LogP contribution in [0.1, 0.15) is 18.9 Å². The lowest BCUT2D eigenvalue weighted by Gasteiger charge is -2.05. The standard InChI is InChI=1S/C12H16BrNO2/c1-2-6-14-8-12(15)16-9-10-4-3-5-11(13)7-10/h3-5,7,14H,2,6,8-9H2,1H3. The third kappa shape index (κ3) is 5.28. The fourth-order valence-electron chi connectivity index (χ4n) is 1.21. The van der Waals surface area contributed by atoms with Gasteiger partial charge in [0.2, 0.25) is 0 Å². The quantitative estimate of drug-likeness (QED) is 0.645. The summed E-state index contributed by atoms with van der Waals surface area (Å²) in [4.78, 5) is 11.3. The molecule has 16 heavy (non-hydrogen) atoms. The van der Waals surface area contributed by atoms with Crippen LogP contribution in [0.15, 0.2) is 28.7 Å². The fraction of sp³-hybridized carbons (Fsp3) is 0.417. The largest absolute Gasteiger partial charge is 0.460 e. The monoisotopic (exact) mass is 285 g/mol. The average Bonchev–Trinajstić information content (AvgIpc) is 2.27. The van der Waals surface area contributed by atoms with Crippen molar-refractivity contribution < 1.29 is 9.53 Å². The SMILES string of the molecule is CCCNCC(=O)OCc1cccc(Br)c1. The Balaban J connectivity index is 2.26. The molecule has 0 aliphatic carbocycles. The van der Waals surface area contributed by atoms with E-state index in [9.17, 15) is 4.79 Å². The van der Waals surface area contributed by atoms with E-state index in [0.717, 1.165) is 23.0 Å². The van der Waals surface area contributed by atoms with Gasteiger partial charge in [0, 0.05) is 4.47 Å². The highest BCUT2D eigenvalue weighted by molar-refractivity contribution is 9.10. The number of ether oxygens (including phenoxy) is 1. The van der Waals surface area contributed by atoms with Crippen molar-refractivity contribution in [3.63, 3.8) is 0 Å². The van der Waals surface area contributed by atoms with Crippen LogP contribution < -0.4 is 5.32 Å². The van der Waals surface area contributed by atoms with Gasteiger partial charge in [0.25, 0.3) is 0 Å². The second-order valence-electron chi connectivity index (χ2n) is 3.47. The predicted octanol–water partition coefficient (Wildman–Crippen LogP) is 2.49. The maximum Gasteiger partial charge on any atom is 0.320 e. The molecule has 0 spiro atoms. The van der Waals surface area contributed by atoms with Crippen LogP contribution in [0.25, 0.3) is 0 Å². The van der Waals surface area contributed by atoms with E-state index in [1.807, 2.05) is 24.3 Å². The molecule has 0 aromatic heterocycles. The molecule has 0 saturated heterocycles. The maximum absolute atomic E-state index is 11.3. The van der Waals surface area contributed by atoms with Gasteiger partial charge in [0.1, 0.15) is 6.61 Å². The molecule has 0 unspecified atom stereocenters. The summed E-state index contributed by atoms with van der Waals surface area (Å²) in [6.07, 6.45) is 1.01. The summed E-state index contributed by atoms with van der Waals surface area (Å²) in [7, 11) is 0. The molecule has 0 bridgehead atoms. The molecule has 0 heterocycles. The molecule has 0 amide bonds. The molecule has 3 nitrogen and oxygen atoms in total. The van der Waals surface area contributed by atoms with Crippen molar-refractivity contribution >= 4 is 21.9 Å². The van der Waals surface area contributed by atoms with Gasteiger partial charge in [-0.15, -0.1) is 0 Å². The topological polar surface area (TPSA) is 38.3 Å². The van der Waals surface area contributed by atoms with Gasteiger partial charge < -0.3 is 10.1 Å². The zero-order valence-electron chi connectivity index (χ0n) is 9.33. The summed E-state index contributed by atoms with van der Waals surface area (Å²) in [5, 5.41) is 3.00. The van der Waals surface area contributed by atoms with Gasteiger partial charge in [-0.3, -0.25) is 4.79 Å². The van der Waals surface area contributed by atoms with Crippen molar-refractivity contribution in [2.45, 2.75) is 20.0 Å². The highest BCUT2D eigenvalue weighted by Gasteiger charge is 2.02. The van der Waals surface area contributed by atoms with Gasteiger partial charge >= 0.3 is 5.97 Å². The van der Waals surface area contributed by atoms with E-state index < -0.39 is 0 Å². The molecule has 0 atom stereocenters. The minimum atomic E-state index is -0.214. The zero-order chi connectivity index (χ0) is 11.8. The van der Waals surface area contributed by atoms with Crippen LogP contribution in [-0.2, 0) is 16.1 Å². The van der Waals surface area contributed by atoms with Crippen LogP contribution >= 0.6 is 15.9 Å². The number of nitrogens with one attached hydrogen (secondary N) is 1. The highest BCUT2D eigenvalue weighted by Crippen LogP contribution is 2.12. The highest BCUT2D eigenvalue weighted by atomic mass is 79.9. The number of carbonyl (C=O) groups excluding carboxylic acids is 1. The third-order valence-electron chi connectivity index (χ3n) is 1.98. The Labute approximate surface area is 104 Å². The van der Waals surface area contributed by atoms with Gasteiger partial charge in [-0.2, -0.15) is 0 Å². The Bertz CT molecular complexity index is 342. The summed E-state index contributed by atoms with van der Waals surface area (Å²) in [6.45, 7) is 3.50. The molecule has 0 radical (unpaired) electrons. The van der Waals surface area contributed by atoms with Crippen LogP contribution in [0.3, 0.4) is 0 Å². The first-order valence-corrected chi connectivity index (χ1v) is 6.12. The summed E-state index contributed by atoms with van der Waals surface area (Å²) >= 11 is 3.37. The van der Waals surface area contributed by atoms with Crippen LogP contribution in [0.4, 0.5) is 0 Å². The lowest BCUT2D eigenvalue weighted by Crippen LogP contribution is -2.25. The molecule has 0 aliphatic heterocycles. The Morgan fingerprint density at radius 1 is 1.50 bits per heavy atom. The van der Waals surface area contributed by atoms with Gasteiger partial charge in [-0.05, 0) is 30.7 Å². The van der Waals surface area contributed by atoms with Crippen LogP contribution in [0.2, 0.25) is 0 Å². The van der Waals surface area contributed by atoms with Crippen molar-refractivity contribution in [1.82, 2.24) is 5.32 Å². The molecule has 88 valence electrons. The number of carbonyl (C=O) groups is 1. The maximum atomic E-state index is 11.3. The number of hydrogen-bond donors (Lipinski definition) is 1. The normalized spacial score (nSPS) is 10.1. The molecule has 0 aliphatic rings. The number of rotatable bonds is 6. The molecule has 0 saturated carbocycles. The zero-order valence-corrected chi connectivity index (χ0v) is 10.9. The minimum absolute atomic E-state index is 0.214. The summed E-state index contributed by atoms with van der Waals surface area (Å²) < 4.78 is 6.10. The number of esters is 1. The van der Waals surface area contributed by atoms with Gasteiger partial charge in [0.05, 0.1) is 6.54 Å².